The Kier molecular flexibility index (Phi) is 7.02. The van der Waals surface area contributed by atoms with Gasteiger partial charge >= 0.3 is 0 Å². The number of ether oxygens (including phenoxy) is 1. The molecule has 1 aromatic heterocycles. The molecule has 0 radical (unpaired) electrons. The summed E-state index contributed by atoms with van der Waals surface area (Å²) in [7, 11) is 0. The Hall–Kier alpha value is -1.40. The van der Waals surface area contributed by atoms with Crippen LogP contribution in [0.1, 0.15) is 31.2 Å². The molecule has 0 bridgehead atoms. The maximum Gasteiger partial charge on any atom is 0.0621 e. The van der Waals surface area contributed by atoms with Crippen LogP contribution in [-0.4, -0.2) is 18.2 Å². The van der Waals surface area contributed by atoms with Crippen molar-refractivity contribution >= 4 is 0 Å². The fraction of sp³-hybridized carbons (Fsp3) is 0.538. The van der Waals surface area contributed by atoms with Gasteiger partial charge in [0.25, 0.3) is 0 Å². The van der Waals surface area contributed by atoms with Gasteiger partial charge in [0, 0.05) is 32.0 Å². The molecule has 0 saturated carbocycles. The van der Waals surface area contributed by atoms with Crippen molar-refractivity contribution in [3.63, 3.8) is 0 Å². The number of unbranched alkanes of at least 4 members (excludes halogenated alkanes) is 2. The van der Waals surface area contributed by atoms with Crippen LogP contribution in [0.15, 0.2) is 24.5 Å². The average Bonchev–Trinajstić information content (AvgIpc) is 2.34. The Labute approximate surface area is 97.1 Å². The van der Waals surface area contributed by atoms with Gasteiger partial charge in [0.2, 0.25) is 0 Å². The number of hydrogen-bond donors (Lipinski definition) is 0. The molecule has 86 valence electrons. The number of pyridine rings is 1. The molecule has 0 fully saturated rings. The Morgan fingerprint density at radius 1 is 1.12 bits per heavy atom. The summed E-state index contributed by atoms with van der Waals surface area (Å²) in [5.41, 5.74) is 1.31. The Bertz CT molecular complexity index is 305. The highest BCUT2D eigenvalue weighted by atomic mass is 16.5. The zero-order valence-corrected chi connectivity index (χ0v) is 9.56. The van der Waals surface area contributed by atoms with Crippen molar-refractivity contribution in [2.45, 2.75) is 32.1 Å². The van der Waals surface area contributed by atoms with Gasteiger partial charge in [-0.2, -0.15) is 5.26 Å². The van der Waals surface area contributed by atoms with Crippen LogP contribution in [0.4, 0.5) is 0 Å². The minimum absolute atomic E-state index is 0.639. The minimum Gasteiger partial charge on any atom is -0.381 e. The van der Waals surface area contributed by atoms with Gasteiger partial charge < -0.3 is 4.74 Å². The maximum atomic E-state index is 8.34. The topological polar surface area (TPSA) is 45.9 Å². The van der Waals surface area contributed by atoms with Gasteiger partial charge in [-0.25, -0.2) is 0 Å². The fourth-order valence-electron chi connectivity index (χ4n) is 1.44. The molecule has 1 heterocycles. The van der Waals surface area contributed by atoms with Crippen LogP contribution in [-0.2, 0) is 11.2 Å². The third kappa shape index (κ3) is 6.15. The van der Waals surface area contributed by atoms with Crippen LogP contribution in [0.25, 0.3) is 0 Å². The number of nitriles is 1. The summed E-state index contributed by atoms with van der Waals surface area (Å²) in [5.74, 6) is 0. The zero-order chi connectivity index (χ0) is 11.5. The molecule has 0 aromatic carbocycles. The number of nitrogens with zero attached hydrogens (tertiary/aromatic N) is 2. The molecular formula is C13H18N2O. The Balaban J connectivity index is 1.91. The second-order valence-corrected chi connectivity index (χ2v) is 3.69. The molecule has 3 heteroatoms. The van der Waals surface area contributed by atoms with Crippen molar-refractivity contribution in [3.8, 4) is 6.07 Å². The van der Waals surface area contributed by atoms with Gasteiger partial charge in [0.1, 0.15) is 0 Å². The van der Waals surface area contributed by atoms with Crippen LogP contribution in [0.5, 0.6) is 0 Å². The van der Waals surface area contributed by atoms with Crippen molar-refractivity contribution in [2.24, 2.45) is 0 Å². The first kappa shape index (κ1) is 12.7. The third-order valence-corrected chi connectivity index (χ3v) is 2.33. The van der Waals surface area contributed by atoms with Crippen LogP contribution in [0.2, 0.25) is 0 Å². The van der Waals surface area contributed by atoms with Gasteiger partial charge in [-0.05, 0) is 43.4 Å². The van der Waals surface area contributed by atoms with E-state index in [1.807, 2.05) is 24.5 Å². The Morgan fingerprint density at radius 3 is 2.62 bits per heavy atom. The molecule has 16 heavy (non-hydrogen) atoms. The standard InChI is InChI=1S/C13H18N2O/c14-8-2-1-3-11-16-12-4-5-13-6-9-15-10-7-13/h6-7,9-10H,1-5,11-12H2. The molecule has 0 aliphatic carbocycles. The molecule has 0 saturated heterocycles. The van der Waals surface area contributed by atoms with Crippen molar-refractivity contribution in [2.75, 3.05) is 13.2 Å². The zero-order valence-electron chi connectivity index (χ0n) is 9.56. The lowest BCUT2D eigenvalue weighted by molar-refractivity contribution is 0.128. The van der Waals surface area contributed by atoms with Crippen molar-refractivity contribution < 1.29 is 4.74 Å². The lowest BCUT2D eigenvalue weighted by Crippen LogP contribution is -1.98. The van der Waals surface area contributed by atoms with E-state index in [0.29, 0.717) is 6.42 Å². The predicted molar refractivity (Wildman–Crippen MR) is 62.8 cm³/mol. The quantitative estimate of drug-likeness (QED) is 0.630. The lowest BCUT2D eigenvalue weighted by atomic mass is 10.1. The van der Waals surface area contributed by atoms with Gasteiger partial charge in [0.15, 0.2) is 0 Å². The molecule has 0 amide bonds. The van der Waals surface area contributed by atoms with E-state index in [2.05, 4.69) is 11.1 Å². The first-order chi connectivity index (χ1) is 7.93. The van der Waals surface area contributed by atoms with Crippen molar-refractivity contribution in [1.29, 1.82) is 5.26 Å². The van der Waals surface area contributed by atoms with E-state index in [0.717, 1.165) is 38.9 Å². The number of aryl methyl sites for hydroxylation is 1. The van der Waals surface area contributed by atoms with Crippen LogP contribution >= 0.6 is 0 Å². The average molecular weight is 218 g/mol. The number of hydrogen-bond acceptors (Lipinski definition) is 3. The van der Waals surface area contributed by atoms with Gasteiger partial charge in [-0.15, -0.1) is 0 Å². The summed E-state index contributed by atoms with van der Waals surface area (Å²) in [5, 5.41) is 8.34. The normalized spacial score (nSPS) is 9.94. The summed E-state index contributed by atoms with van der Waals surface area (Å²) < 4.78 is 5.48. The fourth-order valence-corrected chi connectivity index (χ4v) is 1.44. The molecule has 0 unspecified atom stereocenters. The van der Waals surface area contributed by atoms with Crippen LogP contribution in [0, 0.1) is 11.3 Å². The van der Waals surface area contributed by atoms with E-state index < -0.39 is 0 Å². The van der Waals surface area contributed by atoms with E-state index >= 15 is 0 Å². The van der Waals surface area contributed by atoms with Gasteiger partial charge in [-0.3, -0.25) is 4.98 Å². The minimum atomic E-state index is 0.639. The van der Waals surface area contributed by atoms with Crippen molar-refractivity contribution in [1.82, 2.24) is 4.98 Å². The third-order valence-electron chi connectivity index (χ3n) is 2.33. The monoisotopic (exact) mass is 218 g/mol. The van der Waals surface area contributed by atoms with Crippen LogP contribution < -0.4 is 0 Å². The molecule has 0 atom stereocenters. The number of rotatable bonds is 8. The molecule has 1 rings (SSSR count). The highest BCUT2D eigenvalue weighted by Crippen LogP contribution is 2.01. The largest absolute Gasteiger partial charge is 0.381 e. The molecule has 0 aliphatic heterocycles. The van der Waals surface area contributed by atoms with Crippen molar-refractivity contribution in [3.05, 3.63) is 30.1 Å². The maximum absolute atomic E-state index is 8.34. The van der Waals surface area contributed by atoms with Crippen LogP contribution in [0.3, 0.4) is 0 Å². The second kappa shape index (κ2) is 8.87. The van der Waals surface area contributed by atoms with E-state index in [1.165, 1.54) is 5.56 Å². The predicted octanol–water partition coefficient (Wildman–Crippen LogP) is 2.72. The Morgan fingerprint density at radius 2 is 1.88 bits per heavy atom. The van der Waals surface area contributed by atoms with Gasteiger partial charge in [0.05, 0.1) is 6.07 Å². The summed E-state index contributed by atoms with van der Waals surface area (Å²) in [6.45, 7) is 1.58. The molecule has 0 spiro atoms. The SMILES string of the molecule is N#CCCCCOCCCc1ccncc1. The van der Waals surface area contributed by atoms with E-state index in [-0.39, 0.29) is 0 Å². The first-order valence-electron chi connectivity index (χ1n) is 5.77. The molecule has 0 N–H and O–H groups in total. The highest BCUT2D eigenvalue weighted by molar-refractivity contribution is 5.09. The van der Waals surface area contributed by atoms with E-state index in [4.69, 9.17) is 10.00 Å². The summed E-state index contributed by atoms with van der Waals surface area (Å²) >= 11 is 0. The summed E-state index contributed by atoms with van der Waals surface area (Å²) in [6, 6.07) is 6.20. The lowest BCUT2D eigenvalue weighted by Gasteiger charge is -2.03. The molecular weight excluding hydrogens is 200 g/mol. The van der Waals surface area contributed by atoms with E-state index in [9.17, 15) is 0 Å². The van der Waals surface area contributed by atoms with Gasteiger partial charge in [-0.1, -0.05) is 0 Å². The molecule has 1 aromatic rings. The molecule has 3 nitrogen and oxygen atoms in total. The van der Waals surface area contributed by atoms with E-state index in [1.54, 1.807) is 0 Å². The summed E-state index contributed by atoms with van der Waals surface area (Å²) in [6.07, 6.45) is 8.29. The number of aromatic nitrogens is 1. The summed E-state index contributed by atoms with van der Waals surface area (Å²) in [4.78, 5) is 3.97. The smallest absolute Gasteiger partial charge is 0.0621 e. The molecule has 0 aliphatic rings. The highest BCUT2D eigenvalue weighted by Gasteiger charge is 1.93. The first-order valence-corrected chi connectivity index (χ1v) is 5.77. The second-order valence-electron chi connectivity index (χ2n) is 3.69.